The molecule has 8 heteroatoms. The number of ether oxygens (including phenoxy) is 1. The molecule has 116 valence electrons. The van der Waals surface area contributed by atoms with Crippen LogP contribution in [0, 0.1) is 11.3 Å². The highest BCUT2D eigenvalue weighted by molar-refractivity contribution is 5.78. The summed E-state index contributed by atoms with van der Waals surface area (Å²) in [5.41, 5.74) is 1.48. The Hall–Kier alpha value is -3.34. The van der Waals surface area contributed by atoms with Gasteiger partial charge in [0.25, 0.3) is 0 Å². The number of methoxy groups -OCH3 is 1. The fourth-order valence-electron chi connectivity index (χ4n) is 2.30. The molecule has 0 saturated heterocycles. The van der Waals surface area contributed by atoms with Crippen molar-refractivity contribution in [3.63, 3.8) is 0 Å². The van der Waals surface area contributed by atoms with Gasteiger partial charge in [-0.05, 0) is 12.5 Å². The van der Waals surface area contributed by atoms with Crippen LogP contribution in [0.1, 0.15) is 24.2 Å². The molecule has 1 aliphatic rings. The second-order valence-corrected chi connectivity index (χ2v) is 4.82. The Labute approximate surface area is 132 Å². The molecule has 2 aromatic rings. The first-order valence-corrected chi connectivity index (χ1v) is 6.93. The topological polar surface area (TPSA) is 120 Å². The van der Waals surface area contributed by atoms with Gasteiger partial charge in [-0.1, -0.05) is 0 Å². The van der Waals surface area contributed by atoms with Crippen molar-refractivity contribution in [1.29, 1.82) is 5.26 Å². The third kappa shape index (κ3) is 2.98. The third-order valence-corrected chi connectivity index (χ3v) is 3.36. The predicted octanol–water partition coefficient (Wildman–Crippen LogP) is 2.41. The summed E-state index contributed by atoms with van der Waals surface area (Å²) < 4.78 is 5.34. The zero-order chi connectivity index (χ0) is 16.2. The second kappa shape index (κ2) is 6.19. The van der Waals surface area contributed by atoms with Crippen LogP contribution in [0.2, 0.25) is 0 Å². The molecule has 0 bridgehead atoms. The quantitative estimate of drug-likeness (QED) is 0.793. The van der Waals surface area contributed by atoms with E-state index in [1.54, 1.807) is 19.3 Å². The minimum absolute atomic E-state index is 0.168. The minimum atomic E-state index is 0.168. The third-order valence-electron chi connectivity index (χ3n) is 3.36. The van der Waals surface area contributed by atoms with E-state index in [4.69, 9.17) is 10.00 Å². The summed E-state index contributed by atoms with van der Waals surface area (Å²) in [5.74, 6) is 1.85. The number of hydrogen-bond acceptors (Lipinski definition) is 7. The molecule has 0 radical (unpaired) electrons. The van der Waals surface area contributed by atoms with Gasteiger partial charge in [0.05, 0.1) is 30.8 Å². The average molecular weight is 310 g/mol. The number of hydrogen-bond donors (Lipinski definition) is 3. The molecule has 0 atom stereocenters. The molecule has 0 fully saturated rings. The van der Waals surface area contributed by atoms with Crippen molar-refractivity contribution in [2.45, 2.75) is 12.8 Å². The van der Waals surface area contributed by atoms with Crippen LogP contribution in [0.25, 0.3) is 5.57 Å². The van der Waals surface area contributed by atoms with Crippen LogP contribution in [0.5, 0.6) is 0 Å². The Morgan fingerprint density at radius 2 is 2.22 bits per heavy atom. The van der Waals surface area contributed by atoms with E-state index in [9.17, 15) is 5.11 Å². The van der Waals surface area contributed by atoms with Crippen LogP contribution in [0.3, 0.4) is 0 Å². The van der Waals surface area contributed by atoms with E-state index in [-0.39, 0.29) is 11.5 Å². The van der Waals surface area contributed by atoms with Gasteiger partial charge in [-0.15, -0.1) is 0 Å². The number of H-pyrrole nitrogens is 1. The highest BCUT2D eigenvalue weighted by Crippen LogP contribution is 2.32. The first-order valence-electron chi connectivity index (χ1n) is 6.93. The van der Waals surface area contributed by atoms with Crippen LogP contribution < -0.4 is 5.32 Å². The summed E-state index contributed by atoms with van der Waals surface area (Å²) in [4.78, 5) is 7.99. The Bertz CT molecular complexity index is 813. The molecule has 2 aromatic heterocycles. The normalized spacial score (nSPS) is 14.2. The summed E-state index contributed by atoms with van der Waals surface area (Å²) in [6, 6.07) is 3.64. The van der Waals surface area contributed by atoms with Crippen molar-refractivity contribution >= 4 is 17.2 Å². The van der Waals surface area contributed by atoms with Crippen LogP contribution >= 0.6 is 0 Å². The zero-order valence-electron chi connectivity index (χ0n) is 12.4. The van der Waals surface area contributed by atoms with Gasteiger partial charge in [0.2, 0.25) is 0 Å². The average Bonchev–Trinajstić information content (AvgIpc) is 3.03. The van der Waals surface area contributed by atoms with Crippen molar-refractivity contribution < 1.29 is 9.84 Å². The van der Waals surface area contributed by atoms with Crippen LogP contribution in [-0.2, 0) is 4.74 Å². The minimum Gasteiger partial charge on any atom is -0.507 e. The van der Waals surface area contributed by atoms with Gasteiger partial charge < -0.3 is 15.2 Å². The van der Waals surface area contributed by atoms with E-state index < -0.39 is 0 Å². The second-order valence-electron chi connectivity index (χ2n) is 4.82. The SMILES string of the molecule is COC1=C(c2cc(Nc3cnc(C#N)cn3)n[nH]2)C(O)=CCC1. The lowest BCUT2D eigenvalue weighted by atomic mass is 10.0. The number of allylic oxidation sites excluding steroid dienone is 3. The van der Waals surface area contributed by atoms with Crippen LogP contribution in [0.15, 0.2) is 36.1 Å². The monoisotopic (exact) mass is 310 g/mol. The number of anilines is 2. The molecule has 2 heterocycles. The van der Waals surface area contributed by atoms with Gasteiger partial charge in [-0.3, -0.25) is 5.10 Å². The van der Waals surface area contributed by atoms with E-state index in [1.807, 2.05) is 6.07 Å². The standard InChI is InChI=1S/C15H14N6O2/c1-23-12-4-2-3-11(22)15(12)10-5-13(21-20-10)19-14-8-17-9(6-16)7-18-14/h3,5,7-8,22H,2,4H2,1H3,(H2,18,19,20,21). The smallest absolute Gasteiger partial charge is 0.158 e. The number of nitriles is 1. The van der Waals surface area contributed by atoms with Crippen molar-refractivity contribution in [2.24, 2.45) is 0 Å². The molecule has 0 amide bonds. The number of aliphatic hydroxyl groups is 1. The highest BCUT2D eigenvalue weighted by atomic mass is 16.5. The number of nitrogens with zero attached hydrogens (tertiary/aromatic N) is 4. The molecule has 8 nitrogen and oxygen atoms in total. The van der Waals surface area contributed by atoms with Gasteiger partial charge in [0, 0.05) is 12.5 Å². The maximum atomic E-state index is 10.1. The number of aromatic amines is 1. The van der Waals surface area contributed by atoms with Gasteiger partial charge in [0.1, 0.15) is 23.4 Å². The lowest BCUT2D eigenvalue weighted by molar-refractivity contribution is 0.274. The van der Waals surface area contributed by atoms with E-state index >= 15 is 0 Å². The Balaban J connectivity index is 1.84. The molecule has 0 aromatic carbocycles. The molecule has 3 N–H and O–H groups in total. The van der Waals surface area contributed by atoms with Gasteiger partial charge >= 0.3 is 0 Å². The molecule has 1 aliphatic carbocycles. The molecule has 0 aliphatic heterocycles. The van der Waals surface area contributed by atoms with Crippen LogP contribution in [0.4, 0.5) is 11.6 Å². The van der Waals surface area contributed by atoms with E-state index in [1.165, 1.54) is 12.4 Å². The summed E-state index contributed by atoms with van der Waals surface area (Å²) in [6.45, 7) is 0. The molecular weight excluding hydrogens is 296 g/mol. The molecular formula is C15H14N6O2. The molecule has 23 heavy (non-hydrogen) atoms. The first kappa shape index (κ1) is 14.6. The van der Waals surface area contributed by atoms with E-state index in [2.05, 4.69) is 25.5 Å². The largest absolute Gasteiger partial charge is 0.507 e. The van der Waals surface area contributed by atoms with Gasteiger partial charge in [-0.2, -0.15) is 10.4 Å². The summed E-state index contributed by atoms with van der Waals surface area (Å²) >= 11 is 0. The maximum Gasteiger partial charge on any atom is 0.158 e. The predicted molar refractivity (Wildman–Crippen MR) is 82.5 cm³/mol. The zero-order valence-corrected chi connectivity index (χ0v) is 12.4. The van der Waals surface area contributed by atoms with Crippen LogP contribution in [-0.4, -0.2) is 32.4 Å². The lowest BCUT2D eigenvalue weighted by Crippen LogP contribution is -2.02. The van der Waals surface area contributed by atoms with E-state index in [0.717, 1.165) is 12.8 Å². The maximum absolute atomic E-state index is 10.1. The Morgan fingerprint density at radius 1 is 1.35 bits per heavy atom. The number of rotatable bonds is 4. The highest BCUT2D eigenvalue weighted by Gasteiger charge is 2.20. The fourth-order valence-corrected chi connectivity index (χ4v) is 2.30. The molecule has 0 saturated carbocycles. The van der Waals surface area contributed by atoms with Crippen molar-refractivity contribution in [2.75, 3.05) is 12.4 Å². The van der Waals surface area contributed by atoms with E-state index in [0.29, 0.717) is 28.7 Å². The first-order chi connectivity index (χ1) is 11.2. The fraction of sp³-hybridized carbons (Fsp3) is 0.200. The summed E-state index contributed by atoms with van der Waals surface area (Å²) in [5, 5.41) is 28.8. The summed E-state index contributed by atoms with van der Waals surface area (Å²) in [7, 11) is 1.58. The van der Waals surface area contributed by atoms with Crippen molar-refractivity contribution in [3.8, 4) is 6.07 Å². The van der Waals surface area contributed by atoms with Gasteiger partial charge in [-0.25, -0.2) is 9.97 Å². The van der Waals surface area contributed by atoms with Crippen molar-refractivity contribution in [1.82, 2.24) is 20.2 Å². The number of nitrogens with one attached hydrogen (secondary N) is 2. The lowest BCUT2D eigenvalue weighted by Gasteiger charge is -2.16. The molecule has 0 unspecified atom stereocenters. The van der Waals surface area contributed by atoms with Crippen molar-refractivity contribution in [3.05, 3.63) is 47.4 Å². The Morgan fingerprint density at radius 3 is 2.91 bits per heavy atom. The van der Waals surface area contributed by atoms with Gasteiger partial charge in [0.15, 0.2) is 11.5 Å². The molecule has 0 spiro atoms. The summed E-state index contributed by atoms with van der Waals surface area (Å²) in [6.07, 6.45) is 6.02. The molecule has 3 rings (SSSR count). The number of aromatic nitrogens is 4. The Kier molecular flexibility index (Phi) is 3.93. The number of aliphatic hydroxyl groups excluding tert-OH is 1.